The number of carbonyl (C=O) groups is 1. The van der Waals surface area contributed by atoms with Crippen molar-refractivity contribution < 1.29 is 4.79 Å². The first-order valence-corrected chi connectivity index (χ1v) is 6.66. The molecular weight excluding hydrogens is 226 g/mol. The zero-order chi connectivity index (χ0) is 12.8. The van der Waals surface area contributed by atoms with Crippen molar-refractivity contribution in [3.05, 3.63) is 30.1 Å². The van der Waals surface area contributed by atoms with Gasteiger partial charge in [-0.2, -0.15) is 0 Å². The van der Waals surface area contributed by atoms with E-state index < -0.39 is 0 Å². The Morgan fingerprint density at radius 1 is 1.61 bits per heavy atom. The number of piperidine rings is 1. The molecule has 2 unspecified atom stereocenters. The van der Waals surface area contributed by atoms with Crippen molar-refractivity contribution in [3.63, 3.8) is 0 Å². The Bertz CT molecular complexity index is 374. The summed E-state index contributed by atoms with van der Waals surface area (Å²) < 4.78 is 0. The van der Waals surface area contributed by atoms with Crippen LogP contribution < -0.4 is 10.6 Å². The highest BCUT2D eigenvalue weighted by Gasteiger charge is 2.18. The van der Waals surface area contributed by atoms with Crippen molar-refractivity contribution in [2.75, 3.05) is 13.1 Å². The minimum Gasteiger partial charge on any atom is -0.348 e. The van der Waals surface area contributed by atoms with E-state index >= 15 is 0 Å². The first-order valence-electron chi connectivity index (χ1n) is 6.66. The molecule has 18 heavy (non-hydrogen) atoms. The van der Waals surface area contributed by atoms with Crippen LogP contribution in [0, 0.1) is 5.92 Å². The lowest BCUT2D eigenvalue weighted by Gasteiger charge is -2.23. The Morgan fingerprint density at radius 3 is 3.17 bits per heavy atom. The lowest BCUT2D eigenvalue weighted by atomic mass is 9.96. The molecule has 0 aliphatic carbocycles. The Labute approximate surface area is 108 Å². The lowest BCUT2D eigenvalue weighted by Crippen LogP contribution is -2.35. The van der Waals surface area contributed by atoms with Gasteiger partial charge < -0.3 is 10.6 Å². The molecule has 0 radical (unpaired) electrons. The fourth-order valence-electron chi connectivity index (χ4n) is 2.37. The minimum absolute atomic E-state index is 0.0183. The molecule has 2 heterocycles. The molecule has 0 bridgehead atoms. The number of nitrogens with zero attached hydrogens (tertiary/aromatic N) is 1. The molecule has 2 atom stereocenters. The fraction of sp³-hybridized carbons (Fsp3) is 0.571. The summed E-state index contributed by atoms with van der Waals surface area (Å²) in [6, 6.07) is 5.74. The number of hydrogen-bond acceptors (Lipinski definition) is 3. The van der Waals surface area contributed by atoms with Gasteiger partial charge in [-0.25, -0.2) is 0 Å². The molecule has 1 amide bonds. The maximum absolute atomic E-state index is 11.9. The average Bonchev–Trinajstić information content (AvgIpc) is 2.40. The van der Waals surface area contributed by atoms with E-state index in [1.54, 1.807) is 6.20 Å². The molecule has 0 saturated carbocycles. The Kier molecular flexibility index (Phi) is 4.70. The number of hydrogen-bond donors (Lipinski definition) is 2. The van der Waals surface area contributed by atoms with E-state index in [9.17, 15) is 4.79 Å². The van der Waals surface area contributed by atoms with Gasteiger partial charge in [-0.1, -0.05) is 6.07 Å². The largest absolute Gasteiger partial charge is 0.348 e. The van der Waals surface area contributed by atoms with Crippen LogP contribution in [0.25, 0.3) is 0 Å². The van der Waals surface area contributed by atoms with E-state index in [-0.39, 0.29) is 11.9 Å². The van der Waals surface area contributed by atoms with E-state index in [4.69, 9.17) is 0 Å². The number of nitrogens with one attached hydrogen (secondary N) is 2. The van der Waals surface area contributed by atoms with E-state index in [2.05, 4.69) is 15.6 Å². The molecule has 2 N–H and O–H groups in total. The van der Waals surface area contributed by atoms with Gasteiger partial charge in [0.1, 0.15) is 0 Å². The van der Waals surface area contributed by atoms with Crippen LogP contribution in [0.1, 0.15) is 37.9 Å². The average molecular weight is 247 g/mol. The summed E-state index contributed by atoms with van der Waals surface area (Å²) in [6.07, 6.45) is 4.69. The second-order valence-electron chi connectivity index (χ2n) is 4.96. The maximum Gasteiger partial charge on any atom is 0.220 e. The van der Waals surface area contributed by atoms with Crippen molar-refractivity contribution in [1.29, 1.82) is 0 Å². The molecule has 1 aromatic heterocycles. The molecule has 1 fully saturated rings. The van der Waals surface area contributed by atoms with Crippen molar-refractivity contribution in [1.82, 2.24) is 15.6 Å². The quantitative estimate of drug-likeness (QED) is 0.850. The summed E-state index contributed by atoms with van der Waals surface area (Å²) in [5, 5.41) is 6.35. The predicted molar refractivity (Wildman–Crippen MR) is 71.0 cm³/mol. The monoisotopic (exact) mass is 247 g/mol. The topological polar surface area (TPSA) is 54.0 Å². The summed E-state index contributed by atoms with van der Waals surface area (Å²) in [5.74, 6) is 0.608. The molecule has 1 aliphatic rings. The molecule has 0 spiro atoms. The van der Waals surface area contributed by atoms with Crippen molar-refractivity contribution in [2.24, 2.45) is 5.92 Å². The van der Waals surface area contributed by atoms with Gasteiger partial charge in [-0.05, 0) is 50.9 Å². The highest BCUT2D eigenvalue weighted by atomic mass is 16.1. The summed E-state index contributed by atoms with van der Waals surface area (Å²) >= 11 is 0. The zero-order valence-electron chi connectivity index (χ0n) is 10.9. The highest BCUT2D eigenvalue weighted by Crippen LogP contribution is 2.15. The Hall–Kier alpha value is -1.42. The van der Waals surface area contributed by atoms with Gasteiger partial charge in [-0.3, -0.25) is 9.78 Å². The van der Waals surface area contributed by atoms with E-state index in [1.165, 1.54) is 6.42 Å². The second-order valence-corrected chi connectivity index (χ2v) is 4.96. The number of aromatic nitrogens is 1. The normalized spacial score (nSPS) is 21.3. The third-order valence-corrected chi connectivity index (χ3v) is 3.38. The van der Waals surface area contributed by atoms with Gasteiger partial charge in [0.25, 0.3) is 0 Å². The van der Waals surface area contributed by atoms with Gasteiger partial charge in [0, 0.05) is 12.6 Å². The molecule has 0 aromatic carbocycles. The first kappa shape index (κ1) is 13.0. The number of pyridine rings is 1. The standard InChI is InChI=1S/C14H21N3O/c1-11(13-6-2-3-8-16-13)17-14(18)9-12-5-4-7-15-10-12/h2-3,6,8,11-12,15H,4-5,7,9-10H2,1H3,(H,17,18). The molecular formula is C14H21N3O. The fourth-order valence-corrected chi connectivity index (χ4v) is 2.37. The molecule has 4 nitrogen and oxygen atoms in total. The zero-order valence-corrected chi connectivity index (χ0v) is 10.9. The summed E-state index contributed by atoms with van der Waals surface area (Å²) in [7, 11) is 0. The van der Waals surface area contributed by atoms with Crippen LogP contribution >= 0.6 is 0 Å². The van der Waals surface area contributed by atoms with Crippen molar-refractivity contribution >= 4 is 5.91 Å². The van der Waals surface area contributed by atoms with Gasteiger partial charge >= 0.3 is 0 Å². The first-order chi connectivity index (χ1) is 8.75. The van der Waals surface area contributed by atoms with Crippen LogP contribution in [-0.2, 0) is 4.79 Å². The van der Waals surface area contributed by atoms with Gasteiger partial charge in [-0.15, -0.1) is 0 Å². The lowest BCUT2D eigenvalue weighted by molar-refractivity contribution is -0.122. The highest BCUT2D eigenvalue weighted by molar-refractivity contribution is 5.76. The summed E-state index contributed by atoms with van der Waals surface area (Å²) in [4.78, 5) is 16.2. The van der Waals surface area contributed by atoms with Gasteiger partial charge in [0.2, 0.25) is 5.91 Å². The second kappa shape index (κ2) is 6.50. The van der Waals surface area contributed by atoms with Gasteiger partial charge in [0.15, 0.2) is 0 Å². The summed E-state index contributed by atoms with van der Waals surface area (Å²) in [6.45, 7) is 4.02. The Balaban J connectivity index is 1.80. The van der Waals surface area contributed by atoms with Crippen molar-refractivity contribution in [2.45, 2.75) is 32.2 Å². The predicted octanol–water partition coefficient (Wildman–Crippen LogP) is 1.65. The molecule has 4 heteroatoms. The SMILES string of the molecule is CC(NC(=O)CC1CCCNC1)c1ccccn1. The third kappa shape index (κ3) is 3.81. The van der Waals surface area contributed by atoms with Crippen LogP contribution in [0.4, 0.5) is 0 Å². The number of rotatable bonds is 4. The molecule has 1 saturated heterocycles. The molecule has 1 aliphatic heterocycles. The van der Waals surface area contributed by atoms with Crippen LogP contribution in [-0.4, -0.2) is 24.0 Å². The number of carbonyl (C=O) groups excluding carboxylic acids is 1. The Morgan fingerprint density at radius 2 is 2.50 bits per heavy atom. The van der Waals surface area contributed by atoms with Crippen molar-refractivity contribution in [3.8, 4) is 0 Å². The molecule has 1 aromatic rings. The van der Waals surface area contributed by atoms with E-state index in [0.717, 1.165) is 25.2 Å². The number of amides is 1. The third-order valence-electron chi connectivity index (χ3n) is 3.38. The van der Waals surface area contributed by atoms with E-state index in [1.807, 2.05) is 25.1 Å². The molecule has 98 valence electrons. The minimum atomic E-state index is -0.0183. The maximum atomic E-state index is 11.9. The van der Waals surface area contributed by atoms with Gasteiger partial charge in [0.05, 0.1) is 11.7 Å². The smallest absolute Gasteiger partial charge is 0.220 e. The van der Waals surface area contributed by atoms with Crippen LogP contribution in [0.15, 0.2) is 24.4 Å². The molecule has 2 rings (SSSR count). The van der Waals surface area contributed by atoms with Crippen LogP contribution in [0.2, 0.25) is 0 Å². The summed E-state index contributed by atoms with van der Waals surface area (Å²) in [5.41, 5.74) is 0.910. The van der Waals surface area contributed by atoms with Crippen LogP contribution in [0.5, 0.6) is 0 Å². The van der Waals surface area contributed by atoms with E-state index in [0.29, 0.717) is 12.3 Å². The van der Waals surface area contributed by atoms with Crippen LogP contribution in [0.3, 0.4) is 0 Å².